The summed E-state index contributed by atoms with van der Waals surface area (Å²) >= 11 is 0. The van der Waals surface area contributed by atoms with E-state index in [0.717, 1.165) is 25.7 Å². The molecule has 0 radical (unpaired) electrons. The Morgan fingerprint density at radius 2 is 1.34 bits per heavy atom. The van der Waals surface area contributed by atoms with Crippen molar-refractivity contribution in [3.63, 3.8) is 0 Å². The molecular weight excluding hydrogens is 348 g/mol. The standard InChI is InChI=1S/C29H48/c1-7-12-13-14-15-16-17-18-19-20-21-22-28-27(11-5)26(10-4)25(9-3)23-29(28)24(6)8-2/h21-23H,6-20H2,1-5H3/b22-21-. The van der Waals surface area contributed by atoms with Crippen molar-refractivity contribution in [3.05, 3.63) is 46.5 Å². The van der Waals surface area contributed by atoms with Gasteiger partial charge in [-0.2, -0.15) is 0 Å². The van der Waals surface area contributed by atoms with Crippen molar-refractivity contribution in [2.75, 3.05) is 0 Å². The van der Waals surface area contributed by atoms with Crippen LogP contribution in [0.5, 0.6) is 0 Å². The van der Waals surface area contributed by atoms with Crippen LogP contribution in [0.1, 0.15) is 133 Å². The summed E-state index contributed by atoms with van der Waals surface area (Å²) in [6, 6.07) is 2.43. The number of hydrogen-bond acceptors (Lipinski definition) is 0. The summed E-state index contributed by atoms with van der Waals surface area (Å²) in [5.41, 5.74) is 8.76. The van der Waals surface area contributed by atoms with Gasteiger partial charge in [0, 0.05) is 0 Å². The molecule has 0 amide bonds. The third-order valence-corrected chi connectivity index (χ3v) is 6.34. The molecule has 0 nitrogen and oxygen atoms in total. The van der Waals surface area contributed by atoms with E-state index in [-0.39, 0.29) is 0 Å². The van der Waals surface area contributed by atoms with E-state index in [1.54, 1.807) is 11.1 Å². The maximum atomic E-state index is 4.38. The fourth-order valence-corrected chi connectivity index (χ4v) is 4.47. The van der Waals surface area contributed by atoms with Gasteiger partial charge in [-0.3, -0.25) is 0 Å². The highest BCUT2D eigenvalue weighted by Crippen LogP contribution is 2.31. The first-order valence-electron chi connectivity index (χ1n) is 12.7. The van der Waals surface area contributed by atoms with Gasteiger partial charge >= 0.3 is 0 Å². The van der Waals surface area contributed by atoms with Crippen molar-refractivity contribution in [2.24, 2.45) is 0 Å². The minimum atomic E-state index is 1.02. The Morgan fingerprint density at radius 1 is 0.759 bits per heavy atom. The molecule has 0 saturated carbocycles. The summed E-state index contributed by atoms with van der Waals surface area (Å²) in [6.45, 7) is 15.8. The monoisotopic (exact) mass is 396 g/mol. The first-order valence-corrected chi connectivity index (χ1v) is 12.7. The fraction of sp³-hybridized carbons (Fsp3) is 0.655. The second-order valence-corrected chi connectivity index (χ2v) is 8.49. The maximum absolute atomic E-state index is 4.38. The molecule has 0 heterocycles. The van der Waals surface area contributed by atoms with Crippen LogP contribution in [0.2, 0.25) is 0 Å². The lowest BCUT2D eigenvalue weighted by Crippen LogP contribution is -2.04. The highest BCUT2D eigenvalue weighted by atomic mass is 14.2. The summed E-state index contributed by atoms with van der Waals surface area (Å²) in [5.74, 6) is 0. The van der Waals surface area contributed by atoms with Gasteiger partial charge in [-0.1, -0.05) is 111 Å². The Bertz CT molecular complexity index is 617. The highest BCUT2D eigenvalue weighted by molar-refractivity contribution is 5.76. The van der Waals surface area contributed by atoms with Crippen LogP contribution in [0.25, 0.3) is 11.6 Å². The minimum absolute atomic E-state index is 1.02. The molecule has 29 heavy (non-hydrogen) atoms. The van der Waals surface area contributed by atoms with Crippen LogP contribution in [0.4, 0.5) is 0 Å². The van der Waals surface area contributed by atoms with Crippen LogP contribution < -0.4 is 0 Å². The van der Waals surface area contributed by atoms with Crippen LogP contribution in [0, 0.1) is 0 Å². The molecule has 0 N–H and O–H groups in total. The van der Waals surface area contributed by atoms with Crippen LogP contribution >= 0.6 is 0 Å². The highest BCUT2D eigenvalue weighted by Gasteiger charge is 2.14. The summed E-state index contributed by atoms with van der Waals surface area (Å²) in [5, 5.41) is 0. The summed E-state index contributed by atoms with van der Waals surface area (Å²) in [7, 11) is 0. The van der Waals surface area contributed by atoms with Crippen molar-refractivity contribution in [1.82, 2.24) is 0 Å². The number of allylic oxidation sites excluding steroid dienone is 2. The van der Waals surface area contributed by atoms with Crippen molar-refractivity contribution >= 4 is 11.6 Å². The predicted molar refractivity (Wildman–Crippen MR) is 135 cm³/mol. The number of unbranched alkanes of at least 4 members (excludes halogenated alkanes) is 9. The lowest BCUT2D eigenvalue weighted by atomic mass is 9.85. The first kappa shape index (κ1) is 25.7. The van der Waals surface area contributed by atoms with Crippen molar-refractivity contribution in [2.45, 2.75) is 125 Å². The molecule has 1 aromatic carbocycles. The van der Waals surface area contributed by atoms with Gasteiger partial charge in [0.1, 0.15) is 0 Å². The van der Waals surface area contributed by atoms with Gasteiger partial charge in [0.05, 0.1) is 0 Å². The van der Waals surface area contributed by atoms with Crippen molar-refractivity contribution < 1.29 is 0 Å². The average molecular weight is 397 g/mol. The van der Waals surface area contributed by atoms with E-state index in [4.69, 9.17) is 0 Å². The zero-order valence-corrected chi connectivity index (χ0v) is 20.3. The van der Waals surface area contributed by atoms with E-state index < -0.39 is 0 Å². The van der Waals surface area contributed by atoms with Crippen LogP contribution in [0.3, 0.4) is 0 Å². The Balaban J connectivity index is 2.70. The molecule has 0 saturated heterocycles. The molecule has 0 atom stereocenters. The molecule has 164 valence electrons. The smallest absolute Gasteiger partial charge is 0.0150 e. The normalized spacial score (nSPS) is 11.5. The molecule has 0 bridgehead atoms. The van der Waals surface area contributed by atoms with Crippen LogP contribution in [0.15, 0.2) is 18.7 Å². The second-order valence-electron chi connectivity index (χ2n) is 8.49. The van der Waals surface area contributed by atoms with Crippen LogP contribution in [-0.4, -0.2) is 0 Å². The fourth-order valence-electron chi connectivity index (χ4n) is 4.47. The molecule has 0 aliphatic carbocycles. The Morgan fingerprint density at radius 3 is 1.86 bits per heavy atom. The van der Waals surface area contributed by atoms with E-state index in [9.17, 15) is 0 Å². The predicted octanol–water partition coefficient (Wildman–Crippen LogP) is 9.73. The Hall–Kier alpha value is -1.30. The number of benzene rings is 1. The van der Waals surface area contributed by atoms with Gasteiger partial charge in [-0.05, 0) is 71.9 Å². The number of rotatable bonds is 16. The second kappa shape index (κ2) is 15.5. The number of aryl methyl sites for hydroxylation is 1. The van der Waals surface area contributed by atoms with Gasteiger partial charge < -0.3 is 0 Å². The lowest BCUT2D eigenvalue weighted by molar-refractivity contribution is 0.566. The summed E-state index contributed by atoms with van der Waals surface area (Å²) < 4.78 is 0. The van der Waals surface area contributed by atoms with Gasteiger partial charge in [0.25, 0.3) is 0 Å². The van der Waals surface area contributed by atoms with Gasteiger partial charge in [-0.15, -0.1) is 0 Å². The molecule has 0 aromatic heterocycles. The van der Waals surface area contributed by atoms with Gasteiger partial charge in [-0.25, -0.2) is 0 Å². The minimum Gasteiger partial charge on any atom is -0.0952 e. The molecule has 0 heteroatoms. The number of hydrogen-bond donors (Lipinski definition) is 0. The zero-order valence-electron chi connectivity index (χ0n) is 20.3. The van der Waals surface area contributed by atoms with E-state index in [2.05, 4.69) is 59.4 Å². The molecular formula is C29H48. The van der Waals surface area contributed by atoms with Gasteiger partial charge in [0.2, 0.25) is 0 Å². The molecule has 0 unspecified atom stereocenters. The zero-order chi connectivity index (χ0) is 21.5. The lowest BCUT2D eigenvalue weighted by Gasteiger charge is -2.20. The van der Waals surface area contributed by atoms with Crippen molar-refractivity contribution in [3.8, 4) is 0 Å². The molecule has 0 aliphatic rings. The Kier molecular flexibility index (Phi) is 13.8. The molecule has 0 fully saturated rings. The average Bonchev–Trinajstić information content (AvgIpc) is 2.75. The van der Waals surface area contributed by atoms with Crippen LogP contribution in [-0.2, 0) is 19.3 Å². The third-order valence-electron chi connectivity index (χ3n) is 6.34. The summed E-state index contributed by atoms with van der Waals surface area (Å²) in [6.07, 6.45) is 23.0. The van der Waals surface area contributed by atoms with Crippen molar-refractivity contribution in [1.29, 1.82) is 0 Å². The third kappa shape index (κ3) is 8.53. The topological polar surface area (TPSA) is 0 Å². The summed E-state index contributed by atoms with van der Waals surface area (Å²) in [4.78, 5) is 0. The van der Waals surface area contributed by atoms with Gasteiger partial charge in [0.15, 0.2) is 0 Å². The van der Waals surface area contributed by atoms with E-state index in [1.807, 2.05) is 0 Å². The Labute approximate surface area is 182 Å². The largest absolute Gasteiger partial charge is 0.0952 e. The van der Waals surface area contributed by atoms with E-state index >= 15 is 0 Å². The molecule has 0 aliphatic heterocycles. The SMILES string of the molecule is C=C(CC)c1cc(CC)c(CC)c(CC)c1/C=C\CCCCCCCCCCC. The maximum Gasteiger partial charge on any atom is -0.0150 e. The quantitative estimate of drug-likeness (QED) is 0.244. The molecule has 0 spiro atoms. The first-order chi connectivity index (χ1) is 14.1. The molecule has 1 aromatic rings. The molecule has 1 rings (SSSR count). The van der Waals surface area contributed by atoms with E-state index in [0.29, 0.717) is 0 Å². The van der Waals surface area contributed by atoms with E-state index in [1.165, 1.54) is 86.5 Å².